The Morgan fingerprint density at radius 1 is 1.33 bits per heavy atom. The maximum atomic E-state index is 4.27. The van der Waals surface area contributed by atoms with Crippen molar-refractivity contribution in [2.24, 2.45) is 0 Å². The summed E-state index contributed by atoms with van der Waals surface area (Å²) in [4.78, 5) is 4.27. The van der Waals surface area contributed by atoms with Crippen LogP contribution in [0.15, 0.2) is 36.8 Å². The normalized spacial score (nSPS) is 10.8. The Morgan fingerprint density at radius 3 is 3.00 bits per heavy atom. The molecule has 1 aromatic heterocycles. The molecule has 0 unspecified atom stereocenters. The van der Waals surface area contributed by atoms with Crippen LogP contribution in [0, 0.1) is 6.92 Å². The molecule has 0 radical (unpaired) electrons. The summed E-state index contributed by atoms with van der Waals surface area (Å²) in [6.45, 7) is 7.36. The Balaban J connectivity index is 2.08. The molecular weight excluding hydrogens is 222 g/mol. The number of hydrogen-bond acceptors (Lipinski definition) is 2. The van der Waals surface area contributed by atoms with E-state index in [-0.39, 0.29) is 0 Å². The van der Waals surface area contributed by atoms with E-state index in [1.807, 2.05) is 12.5 Å². The van der Waals surface area contributed by atoms with Crippen molar-refractivity contribution >= 4 is 0 Å². The van der Waals surface area contributed by atoms with Crippen molar-refractivity contribution in [3.05, 3.63) is 42.4 Å². The van der Waals surface area contributed by atoms with Gasteiger partial charge in [0.25, 0.3) is 0 Å². The third-order valence-electron chi connectivity index (χ3n) is 3.03. The summed E-state index contributed by atoms with van der Waals surface area (Å²) in [6.07, 6.45) is 4.99. The Morgan fingerprint density at radius 2 is 2.22 bits per heavy atom. The average molecular weight is 243 g/mol. The van der Waals surface area contributed by atoms with E-state index in [9.17, 15) is 0 Å². The van der Waals surface area contributed by atoms with Gasteiger partial charge in [-0.25, -0.2) is 4.98 Å². The molecule has 2 rings (SSSR count). The van der Waals surface area contributed by atoms with Gasteiger partial charge in [-0.1, -0.05) is 30.7 Å². The Hall–Kier alpha value is -1.61. The average Bonchev–Trinajstić information content (AvgIpc) is 2.83. The molecule has 1 aromatic carbocycles. The van der Waals surface area contributed by atoms with Gasteiger partial charge in [-0.3, -0.25) is 0 Å². The molecule has 1 N–H and O–H groups in total. The second-order valence-electron chi connectivity index (χ2n) is 4.55. The van der Waals surface area contributed by atoms with E-state index in [4.69, 9.17) is 0 Å². The first-order chi connectivity index (χ1) is 8.81. The molecular formula is C15H21N3. The fraction of sp³-hybridized carbons (Fsp3) is 0.400. The maximum Gasteiger partial charge on any atom is 0.0950 e. The van der Waals surface area contributed by atoms with Crippen LogP contribution in [0.3, 0.4) is 0 Å². The number of imidazole rings is 1. The van der Waals surface area contributed by atoms with Crippen molar-refractivity contribution in [2.75, 3.05) is 13.1 Å². The van der Waals surface area contributed by atoms with Crippen molar-refractivity contribution in [1.82, 2.24) is 14.9 Å². The van der Waals surface area contributed by atoms with Crippen LogP contribution in [-0.4, -0.2) is 22.6 Å². The van der Waals surface area contributed by atoms with Crippen LogP contribution in [0.25, 0.3) is 11.3 Å². The molecule has 0 aliphatic rings. The predicted octanol–water partition coefficient (Wildman–Crippen LogP) is 2.86. The second-order valence-corrected chi connectivity index (χ2v) is 4.55. The molecule has 3 nitrogen and oxygen atoms in total. The SMILES string of the molecule is CCNCCCn1cncc1-c1cccc(C)c1. The number of aryl methyl sites for hydroxylation is 2. The largest absolute Gasteiger partial charge is 0.331 e. The first-order valence-electron chi connectivity index (χ1n) is 6.59. The van der Waals surface area contributed by atoms with Crippen molar-refractivity contribution < 1.29 is 0 Å². The van der Waals surface area contributed by atoms with Gasteiger partial charge in [-0.2, -0.15) is 0 Å². The highest BCUT2D eigenvalue weighted by Gasteiger charge is 2.04. The van der Waals surface area contributed by atoms with E-state index in [1.54, 1.807) is 0 Å². The third-order valence-corrected chi connectivity index (χ3v) is 3.03. The van der Waals surface area contributed by atoms with Gasteiger partial charge in [0.2, 0.25) is 0 Å². The third kappa shape index (κ3) is 3.20. The molecule has 0 atom stereocenters. The fourth-order valence-electron chi connectivity index (χ4n) is 2.09. The van der Waals surface area contributed by atoms with Gasteiger partial charge in [-0.15, -0.1) is 0 Å². The zero-order chi connectivity index (χ0) is 12.8. The monoisotopic (exact) mass is 243 g/mol. The smallest absolute Gasteiger partial charge is 0.0950 e. The highest BCUT2D eigenvalue weighted by atomic mass is 15.0. The van der Waals surface area contributed by atoms with E-state index < -0.39 is 0 Å². The molecule has 3 heteroatoms. The van der Waals surface area contributed by atoms with Crippen molar-refractivity contribution in [3.8, 4) is 11.3 Å². The van der Waals surface area contributed by atoms with Gasteiger partial charge in [0.15, 0.2) is 0 Å². The lowest BCUT2D eigenvalue weighted by molar-refractivity contribution is 0.595. The highest BCUT2D eigenvalue weighted by Crippen LogP contribution is 2.20. The molecule has 0 saturated carbocycles. The summed E-state index contributed by atoms with van der Waals surface area (Å²) in [5, 5.41) is 3.35. The molecule has 18 heavy (non-hydrogen) atoms. The van der Waals surface area contributed by atoms with Crippen molar-refractivity contribution in [3.63, 3.8) is 0 Å². The molecule has 0 aliphatic carbocycles. The molecule has 96 valence electrons. The van der Waals surface area contributed by atoms with E-state index in [0.29, 0.717) is 0 Å². The van der Waals surface area contributed by atoms with Crippen LogP contribution in [-0.2, 0) is 6.54 Å². The van der Waals surface area contributed by atoms with Gasteiger partial charge in [-0.05, 0) is 32.5 Å². The first-order valence-corrected chi connectivity index (χ1v) is 6.59. The molecule has 0 saturated heterocycles. The molecule has 0 bridgehead atoms. The Labute approximate surface area is 109 Å². The summed E-state index contributed by atoms with van der Waals surface area (Å²) in [6, 6.07) is 8.57. The zero-order valence-corrected chi connectivity index (χ0v) is 11.2. The Kier molecular flexibility index (Phi) is 4.53. The van der Waals surface area contributed by atoms with E-state index in [0.717, 1.165) is 26.1 Å². The van der Waals surface area contributed by atoms with Gasteiger partial charge in [0.05, 0.1) is 18.2 Å². The van der Waals surface area contributed by atoms with Crippen LogP contribution < -0.4 is 5.32 Å². The zero-order valence-electron chi connectivity index (χ0n) is 11.2. The van der Waals surface area contributed by atoms with Gasteiger partial charge >= 0.3 is 0 Å². The molecule has 0 spiro atoms. The molecule has 2 aromatic rings. The minimum Gasteiger partial charge on any atom is -0.331 e. The number of benzene rings is 1. The number of nitrogens with zero attached hydrogens (tertiary/aromatic N) is 2. The summed E-state index contributed by atoms with van der Waals surface area (Å²) >= 11 is 0. The maximum absolute atomic E-state index is 4.27. The summed E-state index contributed by atoms with van der Waals surface area (Å²) in [5.41, 5.74) is 3.74. The lowest BCUT2D eigenvalue weighted by Crippen LogP contribution is -2.16. The van der Waals surface area contributed by atoms with E-state index in [2.05, 4.69) is 53.0 Å². The van der Waals surface area contributed by atoms with Crippen LogP contribution in [0.1, 0.15) is 18.9 Å². The Bertz CT molecular complexity index is 488. The fourth-order valence-corrected chi connectivity index (χ4v) is 2.09. The number of rotatable bonds is 6. The molecule has 0 amide bonds. The van der Waals surface area contributed by atoms with Crippen LogP contribution in [0.5, 0.6) is 0 Å². The van der Waals surface area contributed by atoms with Gasteiger partial charge in [0, 0.05) is 12.1 Å². The minimum atomic E-state index is 1.01. The number of hydrogen-bond donors (Lipinski definition) is 1. The standard InChI is InChI=1S/C15H21N3/c1-3-16-8-5-9-18-12-17-11-15(18)14-7-4-6-13(2)10-14/h4,6-7,10-12,16H,3,5,8-9H2,1-2H3. The summed E-state index contributed by atoms with van der Waals surface area (Å²) < 4.78 is 2.23. The quantitative estimate of drug-likeness (QED) is 0.791. The first kappa shape index (κ1) is 12.8. The van der Waals surface area contributed by atoms with Crippen LogP contribution in [0.2, 0.25) is 0 Å². The summed E-state index contributed by atoms with van der Waals surface area (Å²) in [5.74, 6) is 0. The topological polar surface area (TPSA) is 29.9 Å². The van der Waals surface area contributed by atoms with Crippen LogP contribution >= 0.6 is 0 Å². The molecule has 0 aliphatic heterocycles. The lowest BCUT2D eigenvalue weighted by atomic mass is 10.1. The minimum absolute atomic E-state index is 1.01. The van der Waals surface area contributed by atoms with Crippen molar-refractivity contribution in [1.29, 1.82) is 0 Å². The number of aromatic nitrogens is 2. The summed E-state index contributed by atoms with van der Waals surface area (Å²) in [7, 11) is 0. The van der Waals surface area contributed by atoms with E-state index >= 15 is 0 Å². The highest BCUT2D eigenvalue weighted by molar-refractivity contribution is 5.59. The van der Waals surface area contributed by atoms with Crippen LogP contribution in [0.4, 0.5) is 0 Å². The van der Waals surface area contributed by atoms with Gasteiger partial charge < -0.3 is 9.88 Å². The van der Waals surface area contributed by atoms with Crippen molar-refractivity contribution in [2.45, 2.75) is 26.8 Å². The second kappa shape index (κ2) is 6.36. The molecule has 1 heterocycles. The van der Waals surface area contributed by atoms with Gasteiger partial charge in [0.1, 0.15) is 0 Å². The van der Waals surface area contributed by atoms with E-state index in [1.165, 1.54) is 16.8 Å². The molecule has 0 fully saturated rings. The predicted molar refractivity (Wildman–Crippen MR) is 75.6 cm³/mol. The lowest BCUT2D eigenvalue weighted by Gasteiger charge is -2.09. The number of nitrogens with one attached hydrogen (secondary N) is 1.